The third-order valence-corrected chi connectivity index (χ3v) is 5.14. The summed E-state index contributed by atoms with van der Waals surface area (Å²) >= 11 is 6.10. The molecule has 0 radical (unpaired) electrons. The smallest absolute Gasteiger partial charge is 0.306 e. The number of alkyl halides is 2. The van der Waals surface area contributed by atoms with Crippen LogP contribution in [0.3, 0.4) is 0 Å². The van der Waals surface area contributed by atoms with Crippen molar-refractivity contribution < 1.29 is 18.7 Å². The number of carbonyl (C=O) groups excluding carboxylic acids is 1. The fourth-order valence-electron chi connectivity index (χ4n) is 3.30. The Morgan fingerprint density at radius 3 is 2.74 bits per heavy atom. The molecule has 1 amide bonds. The zero-order chi connectivity index (χ0) is 24.1. The predicted octanol–water partition coefficient (Wildman–Crippen LogP) is 4.41. The van der Waals surface area contributed by atoms with E-state index in [9.17, 15) is 18.7 Å². The lowest BCUT2D eigenvalue weighted by atomic mass is 10.1. The van der Waals surface area contributed by atoms with Crippen molar-refractivity contribution >= 4 is 28.9 Å². The molecule has 0 aliphatic heterocycles. The first-order valence-corrected chi connectivity index (χ1v) is 10.5. The number of para-hydroxylation sites is 1. The van der Waals surface area contributed by atoms with Crippen LogP contribution in [-0.2, 0) is 17.1 Å². The molecule has 0 aliphatic carbocycles. The molecule has 4 aromatic rings. The minimum Gasteiger partial charge on any atom is -0.506 e. The van der Waals surface area contributed by atoms with Crippen LogP contribution >= 0.6 is 11.6 Å². The largest absolute Gasteiger partial charge is 0.506 e. The number of rotatable bonds is 8. The van der Waals surface area contributed by atoms with Gasteiger partial charge >= 0.3 is 5.92 Å². The second-order valence-corrected chi connectivity index (χ2v) is 7.75. The monoisotopic (exact) mass is 484 g/mol. The van der Waals surface area contributed by atoms with Crippen LogP contribution in [-0.4, -0.2) is 37.3 Å². The van der Waals surface area contributed by atoms with Crippen molar-refractivity contribution in [2.75, 3.05) is 17.2 Å². The van der Waals surface area contributed by atoms with Crippen molar-refractivity contribution in [2.24, 2.45) is 0 Å². The van der Waals surface area contributed by atoms with E-state index in [1.165, 1.54) is 53.9 Å². The number of phenols is 1. The maximum Gasteiger partial charge on any atom is 0.306 e. The Labute approximate surface area is 198 Å². The second-order valence-electron chi connectivity index (χ2n) is 7.31. The molecule has 11 heteroatoms. The number of halogens is 3. The molecular formula is C23H19ClF2N6O2. The first kappa shape index (κ1) is 23.1. The summed E-state index contributed by atoms with van der Waals surface area (Å²) in [5.74, 6) is -4.05. The summed E-state index contributed by atoms with van der Waals surface area (Å²) in [6.07, 6.45) is 4.01. The van der Waals surface area contributed by atoms with Gasteiger partial charge in [-0.25, -0.2) is 9.67 Å². The number of nitrogens with one attached hydrogen (secondary N) is 2. The van der Waals surface area contributed by atoms with Crippen LogP contribution in [0, 0.1) is 0 Å². The molecule has 0 spiro atoms. The molecule has 0 aliphatic rings. The predicted molar refractivity (Wildman–Crippen MR) is 123 cm³/mol. The molecule has 0 saturated carbocycles. The Balaban J connectivity index is 1.52. The van der Waals surface area contributed by atoms with Gasteiger partial charge in [0.15, 0.2) is 0 Å². The van der Waals surface area contributed by atoms with E-state index in [2.05, 4.69) is 25.7 Å². The van der Waals surface area contributed by atoms with Crippen LogP contribution in [0.4, 0.5) is 20.2 Å². The van der Waals surface area contributed by atoms with Gasteiger partial charge < -0.3 is 15.7 Å². The van der Waals surface area contributed by atoms with Gasteiger partial charge in [-0.05, 0) is 48.0 Å². The number of amides is 1. The van der Waals surface area contributed by atoms with Crippen LogP contribution < -0.4 is 10.6 Å². The third-order valence-electron chi connectivity index (χ3n) is 4.91. The molecule has 0 atom stereocenters. The Bertz CT molecular complexity index is 1290. The van der Waals surface area contributed by atoms with Crippen LogP contribution in [0.15, 0.2) is 73.4 Å². The van der Waals surface area contributed by atoms with Gasteiger partial charge in [0.25, 0.3) is 0 Å². The fourth-order valence-corrected chi connectivity index (χ4v) is 3.50. The fraction of sp³-hybridized carbons (Fsp3) is 0.130. The van der Waals surface area contributed by atoms with E-state index in [-0.39, 0.29) is 23.5 Å². The van der Waals surface area contributed by atoms with Gasteiger partial charge in [0.2, 0.25) is 5.91 Å². The molecule has 3 N–H and O–H groups in total. The normalized spacial score (nSPS) is 11.3. The van der Waals surface area contributed by atoms with E-state index in [4.69, 9.17) is 11.6 Å². The number of aromatic nitrogens is 4. The van der Waals surface area contributed by atoms with Crippen LogP contribution in [0.25, 0.3) is 5.69 Å². The van der Waals surface area contributed by atoms with Crippen molar-refractivity contribution in [3.8, 4) is 11.4 Å². The summed E-state index contributed by atoms with van der Waals surface area (Å²) in [7, 11) is 0. The number of anilines is 2. The molecule has 0 unspecified atom stereocenters. The van der Waals surface area contributed by atoms with Crippen molar-refractivity contribution in [1.29, 1.82) is 0 Å². The van der Waals surface area contributed by atoms with Gasteiger partial charge in [0, 0.05) is 11.2 Å². The van der Waals surface area contributed by atoms with Gasteiger partial charge in [-0.15, -0.1) is 0 Å². The SMILES string of the molecule is O=C(Cc1cc(Cl)ccc1-n1cncn1)Nc1c(O)cccc1NCC(F)(F)c1ccccn1. The summed E-state index contributed by atoms with van der Waals surface area (Å²) in [5.41, 5.74) is 0.875. The topological polar surface area (TPSA) is 105 Å². The van der Waals surface area contributed by atoms with E-state index in [0.717, 1.165) is 0 Å². The first-order valence-electron chi connectivity index (χ1n) is 10.1. The van der Waals surface area contributed by atoms with E-state index < -0.39 is 24.1 Å². The highest BCUT2D eigenvalue weighted by molar-refractivity contribution is 6.30. The minimum absolute atomic E-state index is 0.0198. The zero-order valence-electron chi connectivity index (χ0n) is 17.6. The lowest BCUT2D eigenvalue weighted by molar-refractivity contribution is -0.115. The van der Waals surface area contributed by atoms with Gasteiger partial charge in [0.1, 0.15) is 29.8 Å². The zero-order valence-corrected chi connectivity index (χ0v) is 18.4. The molecule has 2 heterocycles. The lowest BCUT2D eigenvalue weighted by Crippen LogP contribution is -2.26. The van der Waals surface area contributed by atoms with E-state index in [1.54, 1.807) is 24.3 Å². The van der Waals surface area contributed by atoms with Gasteiger partial charge in [-0.1, -0.05) is 23.7 Å². The number of hydrogen-bond acceptors (Lipinski definition) is 6. The Morgan fingerprint density at radius 1 is 1.15 bits per heavy atom. The molecule has 34 heavy (non-hydrogen) atoms. The average Bonchev–Trinajstić information content (AvgIpc) is 3.35. The quantitative estimate of drug-likeness (QED) is 0.320. The third kappa shape index (κ3) is 5.29. The average molecular weight is 485 g/mol. The molecular weight excluding hydrogens is 466 g/mol. The lowest BCUT2D eigenvalue weighted by Gasteiger charge is -2.19. The number of carbonyl (C=O) groups is 1. The molecule has 0 fully saturated rings. The number of pyridine rings is 1. The maximum absolute atomic E-state index is 14.5. The molecule has 4 rings (SSSR count). The minimum atomic E-state index is -3.28. The molecule has 8 nitrogen and oxygen atoms in total. The second kappa shape index (κ2) is 9.84. The van der Waals surface area contributed by atoms with Crippen molar-refractivity contribution in [3.05, 3.63) is 89.7 Å². The van der Waals surface area contributed by atoms with Crippen LogP contribution in [0.1, 0.15) is 11.3 Å². The molecule has 0 saturated heterocycles. The summed E-state index contributed by atoms with van der Waals surface area (Å²) in [5, 5.41) is 20.0. The van der Waals surface area contributed by atoms with Gasteiger partial charge in [-0.2, -0.15) is 13.9 Å². The highest BCUT2D eigenvalue weighted by Gasteiger charge is 2.33. The van der Waals surface area contributed by atoms with E-state index >= 15 is 0 Å². The number of aromatic hydroxyl groups is 1. The Kier molecular flexibility index (Phi) is 6.69. The highest BCUT2D eigenvalue weighted by atomic mass is 35.5. The van der Waals surface area contributed by atoms with Crippen molar-refractivity contribution in [1.82, 2.24) is 19.7 Å². The number of benzene rings is 2. The Hall–Kier alpha value is -4.05. The number of phenolic OH excluding ortho intramolecular Hbond substituents is 1. The van der Waals surface area contributed by atoms with Crippen LogP contribution in [0.2, 0.25) is 5.02 Å². The Morgan fingerprint density at radius 2 is 2.00 bits per heavy atom. The summed E-state index contributed by atoms with van der Waals surface area (Å²) in [6, 6.07) is 13.5. The number of nitrogens with zero attached hydrogens (tertiary/aromatic N) is 4. The standard InChI is InChI=1S/C23H19ClF2N6O2/c24-16-7-8-18(32-14-27-13-30-32)15(10-16)11-21(34)31-22-17(4-3-5-19(22)33)29-12-23(25,26)20-6-1-2-9-28-20/h1-10,13-14,29,33H,11-12H2,(H,31,34). The van der Waals surface area contributed by atoms with Gasteiger partial charge in [-0.3, -0.25) is 9.78 Å². The van der Waals surface area contributed by atoms with Gasteiger partial charge in [0.05, 0.1) is 24.3 Å². The molecule has 174 valence electrons. The summed E-state index contributed by atoms with van der Waals surface area (Å²) < 4.78 is 30.6. The first-order chi connectivity index (χ1) is 16.3. The molecule has 2 aromatic carbocycles. The molecule has 2 aromatic heterocycles. The highest BCUT2D eigenvalue weighted by Crippen LogP contribution is 2.34. The van der Waals surface area contributed by atoms with E-state index in [1.807, 2.05) is 0 Å². The maximum atomic E-state index is 14.5. The number of hydrogen-bond donors (Lipinski definition) is 3. The van der Waals surface area contributed by atoms with Crippen LogP contribution in [0.5, 0.6) is 5.75 Å². The molecule has 0 bridgehead atoms. The van der Waals surface area contributed by atoms with Crippen molar-refractivity contribution in [3.63, 3.8) is 0 Å². The summed E-state index contributed by atoms with van der Waals surface area (Å²) in [4.78, 5) is 20.5. The summed E-state index contributed by atoms with van der Waals surface area (Å²) in [6.45, 7) is -0.791. The van der Waals surface area contributed by atoms with E-state index in [0.29, 0.717) is 16.3 Å². The van der Waals surface area contributed by atoms with Crippen molar-refractivity contribution in [2.45, 2.75) is 12.3 Å².